The van der Waals surface area contributed by atoms with Gasteiger partial charge in [0.25, 0.3) is 0 Å². The van der Waals surface area contributed by atoms with Crippen molar-refractivity contribution in [2.45, 2.75) is 51.2 Å². The molecular weight excluding hydrogens is 140 g/mol. The Kier molecular flexibility index (Phi) is 3.87. The third-order valence-electron chi connectivity index (χ3n) is 2.16. The van der Waals surface area contributed by atoms with Gasteiger partial charge in [0.05, 0.1) is 12.2 Å². The van der Waals surface area contributed by atoms with Gasteiger partial charge in [-0.05, 0) is 32.1 Å². The van der Waals surface area contributed by atoms with E-state index in [9.17, 15) is 5.11 Å². The largest absolute Gasteiger partial charge is 0.393 e. The van der Waals surface area contributed by atoms with Crippen LogP contribution in [0.4, 0.5) is 0 Å². The maximum absolute atomic E-state index is 9.30. The maximum atomic E-state index is 9.30. The predicted octanol–water partition coefficient (Wildman–Crippen LogP) is 1.72. The van der Waals surface area contributed by atoms with Gasteiger partial charge in [0.15, 0.2) is 0 Å². The molecule has 0 saturated heterocycles. The van der Waals surface area contributed by atoms with Crippen LogP contribution in [0.3, 0.4) is 0 Å². The fourth-order valence-corrected chi connectivity index (χ4v) is 1.56. The summed E-state index contributed by atoms with van der Waals surface area (Å²) in [5, 5.41) is 9.30. The molecule has 1 aliphatic rings. The summed E-state index contributed by atoms with van der Waals surface area (Å²) in [5.41, 5.74) is 0. The molecule has 0 heterocycles. The molecule has 0 bridgehead atoms. The van der Waals surface area contributed by atoms with E-state index in [-0.39, 0.29) is 6.10 Å². The Morgan fingerprint density at radius 2 is 2.27 bits per heavy atom. The second-order valence-corrected chi connectivity index (χ2v) is 3.31. The summed E-state index contributed by atoms with van der Waals surface area (Å²) in [4.78, 5) is 0. The van der Waals surface area contributed by atoms with Crippen molar-refractivity contribution in [3.8, 4) is 0 Å². The molecule has 1 saturated carbocycles. The third kappa shape index (κ3) is 3.21. The van der Waals surface area contributed by atoms with Gasteiger partial charge < -0.3 is 9.84 Å². The average molecular weight is 158 g/mol. The highest BCUT2D eigenvalue weighted by Gasteiger charge is 2.19. The molecule has 1 N–H and O–H groups in total. The van der Waals surface area contributed by atoms with Crippen LogP contribution >= 0.6 is 0 Å². The minimum atomic E-state index is -0.106. The number of hydrogen-bond acceptors (Lipinski definition) is 2. The normalized spacial score (nSPS) is 32.2. The van der Waals surface area contributed by atoms with Crippen LogP contribution in [-0.2, 0) is 4.74 Å². The Morgan fingerprint density at radius 3 is 2.91 bits per heavy atom. The Labute approximate surface area is 68.6 Å². The summed E-state index contributed by atoms with van der Waals surface area (Å²) in [5.74, 6) is 0. The first-order valence-electron chi connectivity index (χ1n) is 4.62. The summed E-state index contributed by atoms with van der Waals surface area (Å²) < 4.78 is 5.54. The molecule has 0 aliphatic heterocycles. The first-order valence-corrected chi connectivity index (χ1v) is 4.62. The third-order valence-corrected chi connectivity index (χ3v) is 2.16. The summed E-state index contributed by atoms with van der Waals surface area (Å²) in [6.45, 7) is 2.96. The van der Waals surface area contributed by atoms with Gasteiger partial charge in [-0.3, -0.25) is 0 Å². The highest BCUT2D eigenvalue weighted by molar-refractivity contribution is 4.71. The second-order valence-electron chi connectivity index (χ2n) is 3.31. The van der Waals surface area contributed by atoms with Crippen LogP contribution in [0, 0.1) is 0 Å². The van der Waals surface area contributed by atoms with Gasteiger partial charge in [0, 0.05) is 6.61 Å². The number of rotatable bonds is 3. The van der Waals surface area contributed by atoms with Crippen molar-refractivity contribution in [2.75, 3.05) is 6.61 Å². The van der Waals surface area contributed by atoms with E-state index < -0.39 is 0 Å². The van der Waals surface area contributed by atoms with Crippen LogP contribution in [0.15, 0.2) is 0 Å². The average Bonchev–Trinajstić information content (AvgIpc) is 2.01. The molecular formula is C9H18O2. The lowest BCUT2D eigenvalue weighted by molar-refractivity contribution is -0.0141. The molecule has 0 unspecified atom stereocenters. The zero-order valence-electron chi connectivity index (χ0n) is 7.25. The lowest BCUT2D eigenvalue weighted by atomic mass is 9.95. The van der Waals surface area contributed by atoms with Gasteiger partial charge in [-0.25, -0.2) is 0 Å². The molecule has 0 spiro atoms. The van der Waals surface area contributed by atoms with Crippen molar-refractivity contribution in [2.24, 2.45) is 0 Å². The van der Waals surface area contributed by atoms with Gasteiger partial charge in [0.2, 0.25) is 0 Å². The number of hydrogen-bond donors (Lipinski definition) is 1. The van der Waals surface area contributed by atoms with Gasteiger partial charge in [-0.1, -0.05) is 6.92 Å². The lowest BCUT2D eigenvalue weighted by Gasteiger charge is -2.25. The predicted molar refractivity (Wildman–Crippen MR) is 44.5 cm³/mol. The molecule has 0 aromatic carbocycles. The zero-order valence-corrected chi connectivity index (χ0v) is 7.25. The van der Waals surface area contributed by atoms with Crippen molar-refractivity contribution in [3.63, 3.8) is 0 Å². The summed E-state index contributed by atoms with van der Waals surface area (Å²) in [7, 11) is 0. The lowest BCUT2D eigenvalue weighted by Crippen LogP contribution is -2.26. The van der Waals surface area contributed by atoms with Crippen LogP contribution in [-0.4, -0.2) is 23.9 Å². The van der Waals surface area contributed by atoms with E-state index >= 15 is 0 Å². The van der Waals surface area contributed by atoms with Gasteiger partial charge >= 0.3 is 0 Å². The molecule has 1 fully saturated rings. The van der Waals surface area contributed by atoms with Crippen molar-refractivity contribution >= 4 is 0 Å². The molecule has 2 atom stereocenters. The van der Waals surface area contributed by atoms with E-state index in [2.05, 4.69) is 6.92 Å². The molecule has 2 heteroatoms. The topological polar surface area (TPSA) is 29.5 Å². The Balaban J connectivity index is 2.12. The Bertz CT molecular complexity index is 104. The number of aliphatic hydroxyl groups is 1. The van der Waals surface area contributed by atoms with Crippen LogP contribution in [0.25, 0.3) is 0 Å². The summed E-state index contributed by atoms with van der Waals surface area (Å²) in [6, 6.07) is 0. The Hall–Kier alpha value is -0.0800. The van der Waals surface area contributed by atoms with Crippen molar-refractivity contribution in [1.29, 1.82) is 0 Å². The first kappa shape index (κ1) is 9.01. The fraction of sp³-hybridized carbons (Fsp3) is 1.00. The van der Waals surface area contributed by atoms with Crippen molar-refractivity contribution in [3.05, 3.63) is 0 Å². The van der Waals surface area contributed by atoms with E-state index in [1.807, 2.05) is 0 Å². The quantitative estimate of drug-likeness (QED) is 0.677. The molecule has 1 rings (SSSR count). The Morgan fingerprint density at radius 1 is 1.45 bits per heavy atom. The van der Waals surface area contributed by atoms with E-state index in [1.165, 1.54) is 0 Å². The smallest absolute Gasteiger partial charge is 0.0599 e. The van der Waals surface area contributed by atoms with E-state index in [0.29, 0.717) is 6.10 Å². The van der Waals surface area contributed by atoms with E-state index in [1.54, 1.807) is 0 Å². The molecule has 0 radical (unpaired) electrons. The van der Waals surface area contributed by atoms with Gasteiger partial charge in [-0.2, -0.15) is 0 Å². The van der Waals surface area contributed by atoms with Crippen LogP contribution in [0.2, 0.25) is 0 Å². The molecule has 0 aromatic rings. The summed E-state index contributed by atoms with van der Waals surface area (Å²) >= 11 is 0. The minimum Gasteiger partial charge on any atom is -0.393 e. The molecule has 1 aliphatic carbocycles. The monoisotopic (exact) mass is 158 g/mol. The molecule has 0 amide bonds. The van der Waals surface area contributed by atoms with E-state index in [4.69, 9.17) is 4.74 Å². The molecule has 2 nitrogen and oxygen atoms in total. The number of ether oxygens (including phenoxy) is 1. The zero-order chi connectivity index (χ0) is 8.10. The van der Waals surface area contributed by atoms with Gasteiger partial charge in [-0.15, -0.1) is 0 Å². The van der Waals surface area contributed by atoms with Crippen molar-refractivity contribution in [1.82, 2.24) is 0 Å². The highest BCUT2D eigenvalue weighted by Crippen LogP contribution is 2.20. The van der Waals surface area contributed by atoms with Gasteiger partial charge in [0.1, 0.15) is 0 Å². The summed E-state index contributed by atoms with van der Waals surface area (Å²) in [6.07, 6.45) is 5.37. The van der Waals surface area contributed by atoms with Crippen LogP contribution < -0.4 is 0 Å². The van der Waals surface area contributed by atoms with E-state index in [0.717, 1.165) is 38.7 Å². The molecule has 11 heavy (non-hydrogen) atoms. The minimum absolute atomic E-state index is 0.106. The standard InChI is InChI=1S/C9H18O2/c1-2-6-11-9-5-3-4-8(10)7-9/h8-10H,2-7H2,1H3/t8-,9+/m1/s1. The second kappa shape index (κ2) is 4.73. The molecule has 0 aromatic heterocycles. The first-order chi connectivity index (χ1) is 5.33. The fourth-order valence-electron chi connectivity index (χ4n) is 1.56. The van der Waals surface area contributed by atoms with Crippen molar-refractivity contribution < 1.29 is 9.84 Å². The maximum Gasteiger partial charge on any atom is 0.0599 e. The molecule has 66 valence electrons. The number of aliphatic hydroxyl groups excluding tert-OH is 1. The van der Waals surface area contributed by atoms with Crippen LogP contribution in [0.1, 0.15) is 39.0 Å². The SMILES string of the molecule is CCCO[C@H]1CCC[C@@H](O)C1. The van der Waals surface area contributed by atoms with Crippen LogP contribution in [0.5, 0.6) is 0 Å². The highest BCUT2D eigenvalue weighted by atomic mass is 16.5.